The summed E-state index contributed by atoms with van der Waals surface area (Å²) in [6.45, 7) is 1.09. The van der Waals surface area contributed by atoms with Gasteiger partial charge in [-0.25, -0.2) is 18.0 Å². The van der Waals surface area contributed by atoms with Crippen molar-refractivity contribution in [1.29, 1.82) is 0 Å². The van der Waals surface area contributed by atoms with Gasteiger partial charge in [0.1, 0.15) is 0 Å². The normalized spacial score (nSPS) is 16.9. The number of rotatable bonds is 4. The maximum Gasteiger partial charge on any atom is 0.317 e. The number of carbonyl (C=O) groups excluding carboxylic acids is 2. The smallest absolute Gasteiger partial charge is 0.317 e. The number of benzene rings is 1. The van der Waals surface area contributed by atoms with E-state index in [0.717, 1.165) is 17.0 Å². The molecule has 0 radical (unpaired) electrons. The molecule has 1 aliphatic heterocycles. The Kier molecular flexibility index (Phi) is 6.00. The Hall–Kier alpha value is -2.55. The Morgan fingerprint density at radius 2 is 2.00 bits per heavy atom. The Morgan fingerprint density at radius 3 is 2.74 bits per heavy atom. The van der Waals surface area contributed by atoms with Gasteiger partial charge in [0.25, 0.3) is 0 Å². The molecule has 2 N–H and O–H groups in total. The Balaban J connectivity index is 1.57. The number of piperidine rings is 1. The molecule has 0 spiro atoms. The van der Waals surface area contributed by atoms with Crippen molar-refractivity contribution in [2.45, 2.75) is 19.4 Å². The van der Waals surface area contributed by atoms with Gasteiger partial charge in [0.05, 0.1) is 18.2 Å². The summed E-state index contributed by atoms with van der Waals surface area (Å²) in [5.41, 5.74) is -0.418. The summed E-state index contributed by atoms with van der Waals surface area (Å²) in [5.74, 6) is -5.48. The molecule has 2 aromatic rings. The zero-order chi connectivity index (χ0) is 19.4. The summed E-state index contributed by atoms with van der Waals surface area (Å²) in [6.07, 6.45) is 1.14. The van der Waals surface area contributed by atoms with Crippen LogP contribution in [-0.4, -0.2) is 29.9 Å². The average molecular weight is 397 g/mol. The standard InChI is InChI=1S/C18H18F3N3O2S/c19-13-5-6-14(16(21)15(13)20)23-17(25)11-3-1-7-24(10-11)18(26)22-9-12-4-2-8-27-12/h2,4-6,8,11H,1,3,7,9-10H2,(H,22,26)(H,23,25). The lowest BCUT2D eigenvalue weighted by Crippen LogP contribution is -2.47. The maximum absolute atomic E-state index is 13.7. The van der Waals surface area contributed by atoms with Crippen LogP contribution in [0.25, 0.3) is 0 Å². The van der Waals surface area contributed by atoms with E-state index in [9.17, 15) is 22.8 Å². The van der Waals surface area contributed by atoms with Crippen LogP contribution in [0.15, 0.2) is 29.6 Å². The van der Waals surface area contributed by atoms with E-state index in [4.69, 9.17) is 0 Å². The number of urea groups is 1. The first-order valence-corrected chi connectivity index (χ1v) is 9.33. The predicted molar refractivity (Wildman–Crippen MR) is 95.8 cm³/mol. The molecular formula is C18H18F3N3O2S. The number of hydrogen-bond acceptors (Lipinski definition) is 3. The topological polar surface area (TPSA) is 61.4 Å². The van der Waals surface area contributed by atoms with E-state index >= 15 is 0 Å². The van der Waals surface area contributed by atoms with E-state index in [1.54, 1.807) is 0 Å². The van der Waals surface area contributed by atoms with Gasteiger partial charge in [0.15, 0.2) is 17.5 Å². The molecule has 2 heterocycles. The van der Waals surface area contributed by atoms with Crippen LogP contribution in [0.3, 0.4) is 0 Å². The van der Waals surface area contributed by atoms with Crippen LogP contribution in [-0.2, 0) is 11.3 Å². The van der Waals surface area contributed by atoms with Crippen LogP contribution in [0, 0.1) is 23.4 Å². The summed E-state index contributed by atoms with van der Waals surface area (Å²) >= 11 is 1.53. The van der Waals surface area contributed by atoms with Gasteiger partial charge < -0.3 is 15.5 Å². The minimum absolute atomic E-state index is 0.174. The van der Waals surface area contributed by atoms with Crippen molar-refractivity contribution >= 4 is 29.0 Å². The van der Waals surface area contributed by atoms with Gasteiger partial charge in [-0.2, -0.15) is 0 Å². The zero-order valence-electron chi connectivity index (χ0n) is 14.3. The number of hydrogen-bond donors (Lipinski definition) is 2. The predicted octanol–water partition coefficient (Wildman–Crippen LogP) is 3.73. The summed E-state index contributed by atoms with van der Waals surface area (Å²) in [5, 5.41) is 7.00. The molecular weight excluding hydrogens is 379 g/mol. The molecule has 1 aromatic carbocycles. The summed E-state index contributed by atoms with van der Waals surface area (Å²) in [4.78, 5) is 27.2. The minimum Gasteiger partial charge on any atom is -0.333 e. The van der Waals surface area contributed by atoms with Crippen molar-refractivity contribution in [3.63, 3.8) is 0 Å². The zero-order valence-corrected chi connectivity index (χ0v) is 15.1. The molecule has 1 aromatic heterocycles. The number of anilines is 1. The van der Waals surface area contributed by atoms with E-state index in [0.29, 0.717) is 25.9 Å². The average Bonchev–Trinajstić information content (AvgIpc) is 3.20. The lowest BCUT2D eigenvalue weighted by Gasteiger charge is -2.32. The molecule has 1 aliphatic rings. The molecule has 144 valence electrons. The molecule has 27 heavy (non-hydrogen) atoms. The fraction of sp³-hybridized carbons (Fsp3) is 0.333. The van der Waals surface area contributed by atoms with Crippen LogP contribution < -0.4 is 10.6 Å². The van der Waals surface area contributed by atoms with Crippen LogP contribution in [0.2, 0.25) is 0 Å². The molecule has 1 fully saturated rings. The third-order valence-corrected chi connectivity index (χ3v) is 5.24. The molecule has 5 nitrogen and oxygen atoms in total. The van der Waals surface area contributed by atoms with Gasteiger partial charge >= 0.3 is 6.03 Å². The van der Waals surface area contributed by atoms with Gasteiger partial charge in [-0.15, -0.1) is 11.3 Å². The molecule has 0 bridgehead atoms. The quantitative estimate of drug-likeness (QED) is 0.773. The number of amides is 3. The number of nitrogens with one attached hydrogen (secondary N) is 2. The van der Waals surface area contributed by atoms with Crippen molar-refractivity contribution < 1.29 is 22.8 Å². The Bertz CT molecular complexity index is 830. The monoisotopic (exact) mass is 397 g/mol. The number of nitrogens with zero attached hydrogens (tertiary/aromatic N) is 1. The molecule has 1 unspecified atom stereocenters. The lowest BCUT2D eigenvalue weighted by molar-refractivity contribution is -0.121. The number of carbonyl (C=O) groups is 2. The molecule has 0 aliphatic carbocycles. The summed E-state index contributed by atoms with van der Waals surface area (Å²) in [6, 6.07) is 5.25. The summed E-state index contributed by atoms with van der Waals surface area (Å²) < 4.78 is 40.0. The molecule has 1 atom stereocenters. The lowest BCUT2D eigenvalue weighted by atomic mass is 9.97. The third-order valence-electron chi connectivity index (χ3n) is 4.37. The number of thiophene rings is 1. The second-order valence-electron chi connectivity index (χ2n) is 6.24. The molecule has 0 saturated carbocycles. The summed E-state index contributed by atoms with van der Waals surface area (Å²) in [7, 11) is 0. The van der Waals surface area contributed by atoms with Crippen LogP contribution in [0.5, 0.6) is 0 Å². The van der Waals surface area contributed by atoms with E-state index in [1.807, 2.05) is 17.5 Å². The van der Waals surface area contributed by atoms with Gasteiger partial charge in [-0.3, -0.25) is 4.79 Å². The van der Waals surface area contributed by atoms with Gasteiger partial charge in [-0.05, 0) is 36.4 Å². The largest absolute Gasteiger partial charge is 0.333 e. The molecule has 9 heteroatoms. The van der Waals surface area contributed by atoms with Crippen molar-refractivity contribution in [2.75, 3.05) is 18.4 Å². The molecule has 3 amide bonds. The van der Waals surface area contributed by atoms with E-state index in [-0.39, 0.29) is 12.6 Å². The van der Waals surface area contributed by atoms with E-state index in [2.05, 4.69) is 10.6 Å². The minimum atomic E-state index is -1.63. The maximum atomic E-state index is 13.7. The molecule has 1 saturated heterocycles. The van der Waals surface area contributed by atoms with Gasteiger partial charge in [0.2, 0.25) is 5.91 Å². The van der Waals surface area contributed by atoms with E-state index < -0.39 is 35.0 Å². The second-order valence-corrected chi connectivity index (χ2v) is 7.27. The fourth-order valence-corrected chi connectivity index (χ4v) is 3.57. The number of likely N-dealkylation sites (tertiary alicyclic amines) is 1. The highest BCUT2D eigenvalue weighted by Gasteiger charge is 2.29. The highest BCUT2D eigenvalue weighted by Crippen LogP contribution is 2.23. The van der Waals surface area contributed by atoms with Crippen LogP contribution in [0.4, 0.5) is 23.7 Å². The van der Waals surface area contributed by atoms with Crippen LogP contribution >= 0.6 is 11.3 Å². The Labute approximate surface area is 158 Å². The van der Waals surface area contributed by atoms with Gasteiger partial charge in [-0.1, -0.05) is 6.07 Å². The van der Waals surface area contributed by atoms with Crippen molar-refractivity contribution in [2.24, 2.45) is 5.92 Å². The first-order chi connectivity index (χ1) is 13.0. The van der Waals surface area contributed by atoms with Crippen molar-refractivity contribution in [3.05, 3.63) is 52.0 Å². The second kappa shape index (κ2) is 8.43. The fourth-order valence-electron chi connectivity index (χ4n) is 2.92. The third kappa shape index (κ3) is 4.60. The first-order valence-electron chi connectivity index (χ1n) is 8.45. The van der Waals surface area contributed by atoms with Gasteiger partial charge in [0, 0.05) is 18.0 Å². The highest BCUT2D eigenvalue weighted by atomic mass is 32.1. The number of halogens is 3. The highest BCUT2D eigenvalue weighted by molar-refractivity contribution is 7.09. The Morgan fingerprint density at radius 1 is 1.19 bits per heavy atom. The molecule has 3 rings (SSSR count). The van der Waals surface area contributed by atoms with Crippen molar-refractivity contribution in [1.82, 2.24) is 10.2 Å². The van der Waals surface area contributed by atoms with Crippen molar-refractivity contribution in [3.8, 4) is 0 Å². The SMILES string of the molecule is O=C(Nc1ccc(F)c(F)c1F)C1CCCN(C(=O)NCc2cccs2)C1. The van der Waals surface area contributed by atoms with Crippen LogP contribution in [0.1, 0.15) is 17.7 Å². The first kappa shape index (κ1) is 19.2. The van der Waals surface area contributed by atoms with E-state index in [1.165, 1.54) is 16.2 Å².